The van der Waals surface area contributed by atoms with Gasteiger partial charge in [0, 0.05) is 11.8 Å². The first-order valence-electron chi connectivity index (χ1n) is 9.26. The van der Waals surface area contributed by atoms with Crippen molar-refractivity contribution in [2.24, 2.45) is 23.7 Å². The summed E-state index contributed by atoms with van der Waals surface area (Å²) in [6.07, 6.45) is 4.19. The molecular formula is C23H17Cl2NO2. The van der Waals surface area contributed by atoms with E-state index in [1.807, 2.05) is 18.2 Å². The van der Waals surface area contributed by atoms with E-state index in [9.17, 15) is 9.59 Å². The fourth-order valence-electron chi connectivity index (χ4n) is 5.00. The van der Waals surface area contributed by atoms with Crippen molar-refractivity contribution < 1.29 is 9.59 Å². The molecule has 5 rings (SSSR count). The Kier molecular flexibility index (Phi) is 4.01. The van der Waals surface area contributed by atoms with Gasteiger partial charge in [-0.25, -0.2) is 4.90 Å². The van der Waals surface area contributed by atoms with Crippen molar-refractivity contribution in [2.75, 3.05) is 4.90 Å². The quantitative estimate of drug-likeness (QED) is 0.492. The van der Waals surface area contributed by atoms with Crippen LogP contribution in [0, 0.1) is 23.7 Å². The highest BCUT2D eigenvalue weighted by atomic mass is 35.5. The molecule has 2 amide bonds. The summed E-state index contributed by atoms with van der Waals surface area (Å²) < 4.78 is 0. The van der Waals surface area contributed by atoms with Crippen LogP contribution in [0.1, 0.15) is 12.5 Å². The van der Waals surface area contributed by atoms with Crippen LogP contribution in [0.3, 0.4) is 0 Å². The number of anilines is 1. The Hall–Kier alpha value is -2.36. The lowest BCUT2D eigenvalue weighted by Crippen LogP contribution is -2.33. The lowest BCUT2D eigenvalue weighted by molar-refractivity contribution is -0.122. The van der Waals surface area contributed by atoms with Crippen molar-refractivity contribution >= 4 is 46.3 Å². The Morgan fingerprint density at radius 2 is 1.46 bits per heavy atom. The molecule has 2 aromatic carbocycles. The van der Waals surface area contributed by atoms with E-state index in [0.717, 1.165) is 11.1 Å². The van der Waals surface area contributed by atoms with Crippen LogP contribution in [0.15, 0.2) is 66.3 Å². The zero-order valence-electron chi connectivity index (χ0n) is 15.1. The van der Waals surface area contributed by atoms with E-state index < -0.39 is 0 Å². The number of nitrogens with zero attached hydrogens (tertiary/aromatic N) is 1. The molecule has 1 aliphatic heterocycles. The number of hydrogen-bond donors (Lipinski definition) is 0. The molecule has 2 aliphatic carbocycles. The minimum absolute atomic E-state index is 0.0283. The first kappa shape index (κ1) is 17.7. The van der Waals surface area contributed by atoms with Crippen LogP contribution >= 0.6 is 23.2 Å². The van der Waals surface area contributed by atoms with E-state index in [0.29, 0.717) is 15.7 Å². The molecule has 0 N–H and O–H groups in total. The molecule has 1 saturated carbocycles. The number of rotatable bonds is 2. The van der Waals surface area contributed by atoms with E-state index in [1.165, 1.54) is 10.5 Å². The number of carbonyl (C=O) groups excluding carboxylic acids is 2. The molecule has 5 heteroatoms. The summed E-state index contributed by atoms with van der Waals surface area (Å²) >= 11 is 12.1. The Morgan fingerprint density at radius 1 is 0.857 bits per heavy atom. The number of benzene rings is 2. The molecule has 0 unspecified atom stereocenters. The number of carbonyl (C=O) groups is 2. The summed E-state index contributed by atoms with van der Waals surface area (Å²) in [7, 11) is 0. The van der Waals surface area contributed by atoms with Gasteiger partial charge in [-0.2, -0.15) is 0 Å². The van der Waals surface area contributed by atoms with Crippen LogP contribution in [-0.4, -0.2) is 11.8 Å². The molecule has 1 saturated heterocycles. The van der Waals surface area contributed by atoms with E-state index in [4.69, 9.17) is 23.2 Å². The summed E-state index contributed by atoms with van der Waals surface area (Å²) in [5.41, 5.74) is 3.99. The fourth-order valence-corrected chi connectivity index (χ4v) is 5.29. The van der Waals surface area contributed by atoms with Gasteiger partial charge in [0.15, 0.2) is 0 Å². The molecule has 0 radical (unpaired) electrons. The Balaban J connectivity index is 1.55. The summed E-state index contributed by atoms with van der Waals surface area (Å²) in [5.74, 6) is -1.04. The molecule has 2 aromatic rings. The molecule has 3 aliphatic rings. The normalized spacial score (nSPS) is 27.7. The summed E-state index contributed by atoms with van der Waals surface area (Å²) in [4.78, 5) is 27.8. The minimum atomic E-state index is -0.342. The zero-order chi connectivity index (χ0) is 19.6. The maximum Gasteiger partial charge on any atom is 0.238 e. The zero-order valence-corrected chi connectivity index (χ0v) is 16.6. The molecule has 0 spiro atoms. The molecular weight excluding hydrogens is 393 g/mol. The number of allylic oxidation sites excluding steroid dienone is 4. The summed E-state index contributed by atoms with van der Waals surface area (Å²) in [5, 5.41) is 0.730. The van der Waals surface area contributed by atoms with Gasteiger partial charge in [-0.05, 0) is 36.3 Å². The molecule has 0 aromatic heterocycles. The summed E-state index contributed by atoms with van der Waals surface area (Å²) in [6, 6.07) is 15.0. The van der Waals surface area contributed by atoms with Crippen LogP contribution in [0.5, 0.6) is 0 Å². The highest BCUT2D eigenvalue weighted by molar-refractivity contribution is 6.42. The number of amides is 2. The lowest BCUT2D eigenvalue weighted by Gasteiger charge is -2.20. The van der Waals surface area contributed by atoms with Crippen molar-refractivity contribution in [2.45, 2.75) is 6.92 Å². The smallest absolute Gasteiger partial charge is 0.238 e. The van der Waals surface area contributed by atoms with Gasteiger partial charge in [-0.1, -0.05) is 71.3 Å². The number of fused-ring (bicyclic) bond motifs is 5. The van der Waals surface area contributed by atoms with Crippen LogP contribution in [0.25, 0.3) is 5.57 Å². The van der Waals surface area contributed by atoms with Gasteiger partial charge in [0.2, 0.25) is 11.8 Å². The second-order valence-electron chi connectivity index (χ2n) is 7.54. The van der Waals surface area contributed by atoms with Gasteiger partial charge in [0.25, 0.3) is 0 Å². The van der Waals surface area contributed by atoms with E-state index in [-0.39, 0.29) is 35.5 Å². The molecule has 2 bridgehead atoms. The van der Waals surface area contributed by atoms with Crippen LogP contribution < -0.4 is 4.90 Å². The number of imide groups is 1. The van der Waals surface area contributed by atoms with Crippen molar-refractivity contribution in [1.29, 1.82) is 0 Å². The van der Waals surface area contributed by atoms with Crippen LogP contribution in [-0.2, 0) is 9.59 Å². The molecule has 28 heavy (non-hydrogen) atoms. The minimum Gasteiger partial charge on any atom is -0.274 e. The van der Waals surface area contributed by atoms with Gasteiger partial charge in [0.1, 0.15) is 0 Å². The van der Waals surface area contributed by atoms with E-state index in [1.54, 1.807) is 18.2 Å². The average Bonchev–Trinajstić information content (AvgIpc) is 3.34. The largest absolute Gasteiger partial charge is 0.274 e. The Labute approximate surface area is 173 Å². The molecule has 2 fully saturated rings. The molecule has 1 heterocycles. The monoisotopic (exact) mass is 409 g/mol. The van der Waals surface area contributed by atoms with Crippen LogP contribution in [0.2, 0.25) is 10.0 Å². The van der Waals surface area contributed by atoms with E-state index >= 15 is 0 Å². The second-order valence-corrected chi connectivity index (χ2v) is 8.36. The highest BCUT2D eigenvalue weighted by Gasteiger charge is 2.62. The molecule has 140 valence electrons. The fraction of sp³-hybridized carbons (Fsp3) is 0.217. The van der Waals surface area contributed by atoms with Gasteiger partial charge < -0.3 is 0 Å². The van der Waals surface area contributed by atoms with Crippen LogP contribution in [0.4, 0.5) is 5.69 Å². The molecule has 3 nitrogen and oxygen atoms in total. The lowest BCUT2D eigenvalue weighted by atomic mass is 9.85. The Morgan fingerprint density at radius 3 is 2.04 bits per heavy atom. The summed E-state index contributed by atoms with van der Waals surface area (Å²) in [6.45, 7) is 2.09. The predicted octanol–water partition coefficient (Wildman–Crippen LogP) is 5.39. The van der Waals surface area contributed by atoms with Crippen molar-refractivity contribution in [3.63, 3.8) is 0 Å². The third-order valence-electron chi connectivity index (χ3n) is 6.22. The van der Waals surface area contributed by atoms with Gasteiger partial charge in [-0.15, -0.1) is 0 Å². The van der Waals surface area contributed by atoms with Gasteiger partial charge >= 0.3 is 0 Å². The Bertz CT molecular complexity index is 1040. The third kappa shape index (κ3) is 2.36. The average molecular weight is 410 g/mol. The second kappa shape index (κ2) is 6.33. The highest BCUT2D eigenvalue weighted by Crippen LogP contribution is 2.58. The topological polar surface area (TPSA) is 37.4 Å². The van der Waals surface area contributed by atoms with Crippen molar-refractivity contribution in [3.05, 3.63) is 81.9 Å². The number of hydrogen-bond acceptors (Lipinski definition) is 2. The maximum absolute atomic E-state index is 13.3. The SMILES string of the molecule is CC(=C1[C@H]2C=C[C@H]1[C@@H]1C(=O)N(c3ccc(Cl)c(Cl)c3)C(=O)[C@H]12)c1ccccc1. The van der Waals surface area contributed by atoms with Gasteiger partial charge in [0.05, 0.1) is 27.6 Å². The number of halogens is 2. The van der Waals surface area contributed by atoms with Crippen molar-refractivity contribution in [1.82, 2.24) is 0 Å². The molecule has 4 atom stereocenters. The first-order valence-corrected chi connectivity index (χ1v) is 10.0. The van der Waals surface area contributed by atoms with Crippen molar-refractivity contribution in [3.8, 4) is 0 Å². The van der Waals surface area contributed by atoms with Gasteiger partial charge in [-0.3, -0.25) is 9.59 Å². The van der Waals surface area contributed by atoms with E-state index in [2.05, 4.69) is 31.2 Å². The predicted molar refractivity (Wildman–Crippen MR) is 111 cm³/mol. The third-order valence-corrected chi connectivity index (χ3v) is 6.96. The maximum atomic E-state index is 13.3. The first-order chi connectivity index (χ1) is 13.5. The standard InChI is InChI=1S/C23H17Cl2NO2/c1-12(13-5-3-2-4-6-13)19-15-8-9-16(19)21-20(15)22(27)26(23(21)28)14-7-10-17(24)18(25)11-14/h2-11,15-16,20-21H,1H3/t15-,16-,20+,21+/m1/s1.